The zero-order chi connectivity index (χ0) is 15.0. The molecule has 21 heavy (non-hydrogen) atoms. The van der Waals surface area contributed by atoms with Gasteiger partial charge in [0.05, 0.1) is 11.7 Å². The average Bonchev–Trinajstić information content (AvgIpc) is 3.05. The van der Waals surface area contributed by atoms with Crippen LogP contribution in [-0.2, 0) is 11.8 Å². The van der Waals surface area contributed by atoms with Crippen LogP contribution in [0.3, 0.4) is 0 Å². The van der Waals surface area contributed by atoms with Crippen LogP contribution in [0, 0.1) is 3.57 Å². The van der Waals surface area contributed by atoms with E-state index in [1.807, 2.05) is 22.7 Å². The Labute approximate surface area is 138 Å². The molecule has 0 spiro atoms. The van der Waals surface area contributed by atoms with Gasteiger partial charge in [0.1, 0.15) is 5.82 Å². The summed E-state index contributed by atoms with van der Waals surface area (Å²) in [6.07, 6.45) is 3.66. The molecule has 1 atom stereocenters. The lowest BCUT2D eigenvalue weighted by Gasteiger charge is -2.23. The van der Waals surface area contributed by atoms with Crippen LogP contribution in [0.5, 0.6) is 0 Å². The highest BCUT2D eigenvalue weighted by Gasteiger charge is 2.28. The largest absolute Gasteiger partial charge is 0.336 e. The third-order valence-corrected chi connectivity index (χ3v) is 4.72. The summed E-state index contributed by atoms with van der Waals surface area (Å²) in [5.41, 5.74) is 2.07. The molecule has 1 fully saturated rings. The molecule has 1 aliphatic rings. The molecule has 3 rings (SSSR count). The van der Waals surface area contributed by atoms with E-state index in [0.29, 0.717) is 6.42 Å². The number of nitrogens with zero attached hydrogens (tertiary/aromatic N) is 3. The van der Waals surface area contributed by atoms with Gasteiger partial charge in [-0.25, -0.2) is 4.98 Å². The standard InChI is InChI=1S/C16H18IN3O/c1-11(20-9-3-4-15(20)21)16-18-14(10-19(16)2)12-5-7-13(17)8-6-12/h5-8,10-11H,3-4,9H2,1-2H3/t11-/m1/s1. The molecular formula is C16H18IN3O. The van der Waals surface area contributed by atoms with Gasteiger partial charge in [-0.1, -0.05) is 12.1 Å². The first-order valence-corrected chi connectivity index (χ1v) is 8.23. The van der Waals surface area contributed by atoms with Gasteiger partial charge in [0.2, 0.25) is 5.91 Å². The van der Waals surface area contributed by atoms with Gasteiger partial charge in [-0.3, -0.25) is 4.79 Å². The molecule has 1 aliphatic heterocycles. The molecule has 0 radical (unpaired) electrons. The second-order valence-corrected chi connectivity index (χ2v) is 6.71. The van der Waals surface area contributed by atoms with E-state index in [1.54, 1.807) is 0 Å². The third-order valence-electron chi connectivity index (χ3n) is 4.00. The van der Waals surface area contributed by atoms with Crippen molar-refractivity contribution in [1.29, 1.82) is 0 Å². The normalized spacial score (nSPS) is 16.5. The number of rotatable bonds is 3. The van der Waals surface area contributed by atoms with Crippen molar-refractivity contribution in [2.75, 3.05) is 6.54 Å². The van der Waals surface area contributed by atoms with Crippen LogP contribution < -0.4 is 0 Å². The lowest BCUT2D eigenvalue weighted by atomic mass is 10.2. The number of likely N-dealkylation sites (tertiary alicyclic amines) is 1. The Kier molecular flexibility index (Phi) is 4.01. The van der Waals surface area contributed by atoms with Gasteiger partial charge >= 0.3 is 0 Å². The fraction of sp³-hybridized carbons (Fsp3) is 0.375. The molecule has 1 amide bonds. The summed E-state index contributed by atoms with van der Waals surface area (Å²) < 4.78 is 3.24. The van der Waals surface area contributed by atoms with E-state index in [2.05, 4.69) is 53.8 Å². The number of aryl methyl sites for hydroxylation is 1. The van der Waals surface area contributed by atoms with Crippen molar-refractivity contribution in [2.45, 2.75) is 25.8 Å². The fourth-order valence-electron chi connectivity index (χ4n) is 2.85. The quantitative estimate of drug-likeness (QED) is 0.748. The van der Waals surface area contributed by atoms with Crippen molar-refractivity contribution >= 4 is 28.5 Å². The number of hydrogen-bond donors (Lipinski definition) is 0. The predicted octanol–water partition coefficient (Wildman–Crippen LogP) is 3.38. The molecule has 0 bridgehead atoms. The van der Waals surface area contributed by atoms with E-state index in [-0.39, 0.29) is 11.9 Å². The van der Waals surface area contributed by atoms with E-state index in [9.17, 15) is 4.79 Å². The second kappa shape index (κ2) is 5.79. The van der Waals surface area contributed by atoms with Crippen molar-refractivity contribution in [1.82, 2.24) is 14.5 Å². The molecule has 2 aromatic rings. The highest BCUT2D eigenvalue weighted by molar-refractivity contribution is 14.1. The Hall–Kier alpha value is -1.37. The second-order valence-electron chi connectivity index (χ2n) is 5.47. The van der Waals surface area contributed by atoms with Crippen LogP contribution in [0.15, 0.2) is 30.5 Å². The molecule has 4 nitrogen and oxygen atoms in total. The number of imidazole rings is 1. The SMILES string of the molecule is C[C@H](c1nc(-c2ccc(I)cc2)cn1C)N1CCCC1=O. The van der Waals surface area contributed by atoms with Gasteiger partial charge in [-0.05, 0) is 48.1 Å². The Morgan fingerprint density at radius 2 is 2.00 bits per heavy atom. The molecule has 5 heteroatoms. The number of amides is 1. The van der Waals surface area contributed by atoms with Crippen molar-refractivity contribution in [3.8, 4) is 11.3 Å². The van der Waals surface area contributed by atoms with Gasteiger partial charge < -0.3 is 9.47 Å². The smallest absolute Gasteiger partial charge is 0.223 e. The monoisotopic (exact) mass is 395 g/mol. The lowest BCUT2D eigenvalue weighted by molar-refractivity contribution is -0.129. The van der Waals surface area contributed by atoms with Crippen LogP contribution >= 0.6 is 22.6 Å². The van der Waals surface area contributed by atoms with Crippen molar-refractivity contribution in [3.05, 3.63) is 39.9 Å². The zero-order valence-corrected chi connectivity index (χ0v) is 14.4. The topological polar surface area (TPSA) is 38.1 Å². The summed E-state index contributed by atoms with van der Waals surface area (Å²) in [5.74, 6) is 1.18. The first-order chi connectivity index (χ1) is 10.1. The number of halogens is 1. The molecule has 1 saturated heterocycles. The first-order valence-electron chi connectivity index (χ1n) is 7.15. The highest BCUT2D eigenvalue weighted by atomic mass is 127. The van der Waals surface area contributed by atoms with Crippen molar-refractivity contribution in [2.24, 2.45) is 7.05 Å². The summed E-state index contributed by atoms with van der Waals surface area (Å²) in [5, 5.41) is 0. The number of aromatic nitrogens is 2. The maximum absolute atomic E-state index is 11.9. The lowest BCUT2D eigenvalue weighted by Crippen LogP contribution is -2.29. The van der Waals surface area contributed by atoms with E-state index < -0.39 is 0 Å². The van der Waals surface area contributed by atoms with Crippen LogP contribution in [0.25, 0.3) is 11.3 Å². The zero-order valence-electron chi connectivity index (χ0n) is 12.2. The molecule has 0 unspecified atom stereocenters. The van der Waals surface area contributed by atoms with Gasteiger partial charge in [0.25, 0.3) is 0 Å². The summed E-state index contributed by atoms with van der Waals surface area (Å²) in [6, 6.07) is 8.36. The summed E-state index contributed by atoms with van der Waals surface area (Å²) in [6.45, 7) is 2.90. The summed E-state index contributed by atoms with van der Waals surface area (Å²) in [4.78, 5) is 18.6. The van der Waals surface area contributed by atoms with Crippen LogP contribution in [0.4, 0.5) is 0 Å². The van der Waals surface area contributed by atoms with E-state index in [0.717, 1.165) is 30.0 Å². The van der Waals surface area contributed by atoms with Gasteiger partial charge in [-0.2, -0.15) is 0 Å². The van der Waals surface area contributed by atoms with Crippen molar-refractivity contribution < 1.29 is 4.79 Å². The Bertz CT molecular complexity index is 663. The number of hydrogen-bond acceptors (Lipinski definition) is 2. The number of carbonyl (C=O) groups is 1. The summed E-state index contributed by atoms with van der Waals surface area (Å²) >= 11 is 2.30. The molecular weight excluding hydrogens is 377 g/mol. The van der Waals surface area contributed by atoms with Gasteiger partial charge in [0, 0.05) is 35.3 Å². The van der Waals surface area contributed by atoms with E-state index in [4.69, 9.17) is 4.98 Å². The van der Waals surface area contributed by atoms with Crippen LogP contribution in [0.1, 0.15) is 31.6 Å². The average molecular weight is 395 g/mol. The minimum atomic E-state index is 0.0302. The Balaban J connectivity index is 1.90. The molecule has 0 N–H and O–H groups in total. The molecule has 1 aromatic heterocycles. The van der Waals surface area contributed by atoms with Crippen LogP contribution in [-0.4, -0.2) is 26.9 Å². The fourth-order valence-corrected chi connectivity index (χ4v) is 3.21. The third kappa shape index (κ3) is 2.84. The van der Waals surface area contributed by atoms with Gasteiger partial charge in [0.15, 0.2) is 0 Å². The minimum absolute atomic E-state index is 0.0302. The van der Waals surface area contributed by atoms with Gasteiger partial charge in [-0.15, -0.1) is 0 Å². The molecule has 0 aliphatic carbocycles. The number of carbonyl (C=O) groups excluding carboxylic acids is 1. The first kappa shape index (κ1) is 14.6. The predicted molar refractivity (Wildman–Crippen MR) is 90.7 cm³/mol. The molecule has 110 valence electrons. The molecule has 2 heterocycles. The molecule has 0 saturated carbocycles. The number of benzene rings is 1. The maximum Gasteiger partial charge on any atom is 0.223 e. The molecule has 1 aromatic carbocycles. The van der Waals surface area contributed by atoms with Crippen molar-refractivity contribution in [3.63, 3.8) is 0 Å². The Morgan fingerprint density at radius 3 is 2.62 bits per heavy atom. The van der Waals surface area contributed by atoms with Crippen LogP contribution in [0.2, 0.25) is 0 Å². The summed E-state index contributed by atoms with van der Waals surface area (Å²) in [7, 11) is 2.00. The highest BCUT2D eigenvalue weighted by Crippen LogP contribution is 2.27. The maximum atomic E-state index is 11.9. The Morgan fingerprint density at radius 1 is 1.29 bits per heavy atom. The van der Waals surface area contributed by atoms with E-state index in [1.165, 1.54) is 3.57 Å². The minimum Gasteiger partial charge on any atom is -0.336 e. The van der Waals surface area contributed by atoms with E-state index >= 15 is 0 Å².